The van der Waals surface area contributed by atoms with Gasteiger partial charge in [-0.05, 0) is 64.4 Å². The van der Waals surface area contributed by atoms with E-state index in [2.05, 4.69) is 52.7 Å². The standard InChI is InChI=1S/C8H11N3O2S2.C8H9N3O2S.C8H8N2.C7H9ClN2O2S/c1-5-3-7(11-15(12)13-2)6(4-10-5)8(9)14;1-6-3-8(11-14(12)13-2)7(4-9)5-10-6;1-6-3-7(2)10-5-8(6)4-9;1-5-3-7(6(8)4-9-5)10-13(11)12-2/h3-4H,1-2H3,(H2,9,14)(H,10,11);3,5H,1-2H3,(H,10,11);3,5H,1-2H3;3-4H,1-2H3,(H,9,10). The smallest absolute Gasteiger partial charge is 0.261 e. The van der Waals surface area contributed by atoms with Crippen molar-refractivity contribution >= 4 is 79.7 Å². The van der Waals surface area contributed by atoms with Crippen molar-refractivity contribution in [3.05, 3.63) is 99.1 Å². The van der Waals surface area contributed by atoms with Crippen molar-refractivity contribution in [3.8, 4) is 12.1 Å². The van der Waals surface area contributed by atoms with Crippen LogP contribution in [0.5, 0.6) is 0 Å². The molecule has 4 rings (SSSR count). The number of nitriles is 2. The Hall–Kier alpha value is -4.51. The van der Waals surface area contributed by atoms with Crippen molar-refractivity contribution in [1.82, 2.24) is 19.9 Å². The second kappa shape index (κ2) is 23.9. The predicted octanol–water partition coefficient (Wildman–Crippen LogP) is 4.81. The highest BCUT2D eigenvalue weighted by Crippen LogP contribution is 2.21. The first-order valence-electron chi connectivity index (χ1n) is 14.4. The molecule has 0 aliphatic rings. The van der Waals surface area contributed by atoms with E-state index < -0.39 is 33.8 Å². The number of hydrogen-bond acceptors (Lipinski definition) is 13. The predicted molar refractivity (Wildman–Crippen MR) is 207 cm³/mol. The van der Waals surface area contributed by atoms with Crippen molar-refractivity contribution in [2.24, 2.45) is 5.73 Å². The van der Waals surface area contributed by atoms with Crippen molar-refractivity contribution < 1.29 is 25.2 Å². The van der Waals surface area contributed by atoms with Gasteiger partial charge in [0, 0.05) is 47.6 Å². The van der Waals surface area contributed by atoms with Crippen LogP contribution in [0.3, 0.4) is 0 Å². The molecule has 0 radical (unpaired) electrons. The summed E-state index contributed by atoms with van der Waals surface area (Å²) in [6, 6.07) is 10.9. The molecule has 0 fully saturated rings. The lowest BCUT2D eigenvalue weighted by atomic mass is 10.1. The molecule has 0 spiro atoms. The minimum absolute atomic E-state index is 0.193. The van der Waals surface area contributed by atoms with Gasteiger partial charge in [0.05, 0.1) is 60.1 Å². The van der Waals surface area contributed by atoms with Crippen LogP contribution in [-0.2, 0) is 46.3 Å². The molecule has 0 saturated carbocycles. The number of nitrogens with two attached hydrogens (primary N) is 1. The van der Waals surface area contributed by atoms with Crippen LogP contribution < -0.4 is 19.9 Å². The first kappa shape index (κ1) is 45.5. The van der Waals surface area contributed by atoms with Gasteiger partial charge in [0.25, 0.3) is 33.8 Å². The summed E-state index contributed by atoms with van der Waals surface area (Å²) in [5.41, 5.74) is 12.8. The van der Waals surface area contributed by atoms with E-state index in [-0.39, 0.29) is 4.99 Å². The van der Waals surface area contributed by atoms with E-state index in [0.717, 1.165) is 28.3 Å². The van der Waals surface area contributed by atoms with Gasteiger partial charge in [-0.3, -0.25) is 46.7 Å². The van der Waals surface area contributed by atoms with Crippen LogP contribution in [0.25, 0.3) is 0 Å². The van der Waals surface area contributed by atoms with Crippen LogP contribution in [0.1, 0.15) is 45.0 Å². The summed E-state index contributed by atoms with van der Waals surface area (Å²) in [5, 5.41) is 17.7. The second-order valence-electron chi connectivity index (χ2n) is 9.79. The van der Waals surface area contributed by atoms with Crippen molar-refractivity contribution in [2.75, 3.05) is 35.5 Å². The summed E-state index contributed by atoms with van der Waals surface area (Å²) >= 11 is 5.83. The highest BCUT2D eigenvalue weighted by molar-refractivity contribution is 7.82. The van der Waals surface area contributed by atoms with Crippen molar-refractivity contribution in [3.63, 3.8) is 0 Å². The minimum atomic E-state index is -1.63. The van der Waals surface area contributed by atoms with Gasteiger partial charge >= 0.3 is 0 Å². The average Bonchev–Trinajstić information content (AvgIpc) is 3.10. The number of nitrogens with one attached hydrogen (secondary N) is 3. The van der Waals surface area contributed by atoms with Gasteiger partial charge in [0.15, 0.2) is 0 Å². The zero-order chi connectivity index (χ0) is 39.4. The van der Waals surface area contributed by atoms with E-state index in [1.807, 2.05) is 39.8 Å². The second-order valence-corrected chi connectivity index (χ2v) is 13.7. The topological polar surface area (TPSA) is 240 Å². The van der Waals surface area contributed by atoms with Gasteiger partial charge in [-0.15, -0.1) is 0 Å². The number of anilines is 3. The molecule has 0 amide bonds. The van der Waals surface area contributed by atoms with Gasteiger partial charge in [-0.25, -0.2) is 12.6 Å². The Morgan fingerprint density at radius 2 is 1.06 bits per heavy atom. The van der Waals surface area contributed by atoms with Crippen molar-refractivity contribution in [1.29, 1.82) is 10.5 Å². The Labute approximate surface area is 320 Å². The molecule has 16 nitrogen and oxygen atoms in total. The Kier molecular flexibility index (Phi) is 20.9. The highest BCUT2D eigenvalue weighted by Gasteiger charge is 2.09. The molecule has 0 bridgehead atoms. The number of pyridine rings is 4. The Bertz CT molecular complexity index is 1990. The molecule has 21 heteroatoms. The summed E-state index contributed by atoms with van der Waals surface area (Å²) in [4.78, 5) is 16.1. The maximum atomic E-state index is 11.1. The van der Waals surface area contributed by atoms with Crippen LogP contribution >= 0.6 is 23.8 Å². The monoisotopic (exact) mass is 808 g/mol. The number of rotatable bonds is 10. The molecule has 0 aliphatic carbocycles. The quantitative estimate of drug-likeness (QED) is 0.157. The molecule has 5 N–H and O–H groups in total. The van der Waals surface area contributed by atoms with Gasteiger partial charge in [-0.1, -0.05) is 23.8 Å². The molecule has 0 aliphatic heterocycles. The first-order valence-corrected chi connectivity index (χ1v) is 18.4. The third-order valence-corrected chi connectivity index (χ3v) is 8.45. The number of nitrogens with zero attached hydrogens (tertiary/aromatic N) is 6. The first-order chi connectivity index (χ1) is 24.6. The van der Waals surface area contributed by atoms with E-state index in [1.54, 1.807) is 31.3 Å². The largest absolute Gasteiger partial charge is 0.389 e. The van der Waals surface area contributed by atoms with Crippen LogP contribution in [-0.4, -0.2) is 58.9 Å². The van der Waals surface area contributed by atoms with E-state index in [4.69, 9.17) is 40.1 Å². The molecular formula is C31H37ClN10O6S4. The third kappa shape index (κ3) is 16.7. The summed E-state index contributed by atoms with van der Waals surface area (Å²) < 4.78 is 54.5. The lowest BCUT2D eigenvalue weighted by Crippen LogP contribution is -2.15. The van der Waals surface area contributed by atoms with Gasteiger partial charge < -0.3 is 5.73 Å². The Morgan fingerprint density at radius 1 is 0.673 bits per heavy atom. The van der Waals surface area contributed by atoms with Gasteiger partial charge in [0.2, 0.25) is 0 Å². The highest BCUT2D eigenvalue weighted by atomic mass is 35.5. The minimum Gasteiger partial charge on any atom is -0.389 e. The fourth-order valence-electron chi connectivity index (χ4n) is 3.40. The lowest BCUT2D eigenvalue weighted by molar-refractivity contribution is 0.449. The summed E-state index contributed by atoms with van der Waals surface area (Å²) in [6.07, 6.45) is 6.05. The van der Waals surface area contributed by atoms with Crippen LogP contribution in [0, 0.1) is 57.3 Å². The molecule has 3 atom stereocenters. The number of thiocarbonyl (C=S) groups is 1. The molecule has 3 unspecified atom stereocenters. The fraction of sp³-hybridized carbons (Fsp3) is 0.258. The van der Waals surface area contributed by atoms with E-state index >= 15 is 0 Å². The Balaban J connectivity index is 0.000000350. The van der Waals surface area contributed by atoms with E-state index in [0.29, 0.717) is 38.8 Å². The van der Waals surface area contributed by atoms with E-state index in [1.165, 1.54) is 39.9 Å². The lowest BCUT2D eigenvalue weighted by Gasteiger charge is -2.09. The maximum absolute atomic E-state index is 11.1. The van der Waals surface area contributed by atoms with Crippen LogP contribution in [0.2, 0.25) is 5.02 Å². The molecule has 0 saturated heterocycles. The molecule has 4 aromatic rings. The molecule has 4 heterocycles. The number of halogens is 1. The van der Waals surface area contributed by atoms with Gasteiger partial charge in [-0.2, -0.15) is 10.5 Å². The average molecular weight is 809 g/mol. The third-order valence-electron chi connectivity index (χ3n) is 5.86. The van der Waals surface area contributed by atoms with Crippen LogP contribution in [0.15, 0.2) is 49.1 Å². The van der Waals surface area contributed by atoms with Gasteiger partial charge in [0.1, 0.15) is 17.1 Å². The van der Waals surface area contributed by atoms with Crippen LogP contribution in [0.4, 0.5) is 17.1 Å². The summed E-state index contributed by atoms with van der Waals surface area (Å²) in [6.45, 7) is 9.23. The molecule has 4 aromatic heterocycles. The fourth-order valence-corrected chi connectivity index (χ4v) is 5.07. The number of aromatic nitrogens is 4. The molecule has 52 heavy (non-hydrogen) atoms. The molecule has 278 valence electrons. The SMILES string of the molecule is COS(=O)Nc1cc(C)ncc1C#N.COS(=O)Nc1cc(C)ncc1C(N)=S.COS(=O)Nc1cc(C)ncc1Cl.Cc1cc(C)c(C#N)cn1. The normalized spacial score (nSPS) is 11.5. The maximum Gasteiger partial charge on any atom is 0.261 e. The Morgan fingerprint density at radius 3 is 1.52 bits per heavy atom. The summed E-state index contributed by atoms with van der Waals surface area (Å²) in [5.74, 6) is 0. The van der Waals surface area contributed by atoms with Crippen molar-refractivity contribution in [2.45, 2.75) is 34.6 Å². The molecule has 0 aromatic carbocycles. The zero-order valence-corrected chi connectivity index (χ0v) is 33.4. The zero-order valence-electron chi connectivity index (χ0n) is 29.3. The molecular weight excluding hydrogens is 772 g/mol. The summed E-state index contributed by atoms with van der Waals surface area (Å²) in [7, 11) is 3.98. The number of hydrogen-bond donors (Lipinski definition) is 4. The van der Waals surface area contributed by atoms with E-state index in [9.17, 15) is 12.6 Å². The number of aryl methyl sites for hydroxylation is 5.